The molecule has 0 saturated heterocycles. The van der Waals surface area contributed by atoms with Crippen LogP contribution in [0.1, 0.15) is 65.6 Å². The average Bonchev–Trinajstić information content (AvgIpc) is 2.57. The molecular weight excluding hydrogens is 402 g/mol. The third kappa shape index (κ3) is 8.42. The van der Waals surface area contributed by atoms with Crippen LogP contribution < -0.4 is 4.72 Å². The molecular formula is C22H39NO4SSi. The van der Waals surface area contributed by atoms with E-state index in [-0.39, 0.29) is 28.2 Å². The van der Waals surface area contributed by atoms with Crippen LogP contribution in [0.25, 0.3) is 0 Å². The molecule has 0 aliphatic rings. The maximum absolute atomic E-state index is 12.7. The van der Waals surface area contributed by atoms with Crippen molar-refractivity contribution in [3.8, 4) is 0 Å². The molecule has 0 aromatic heterocycles. The zero-order valence-corrected chi connectivity index (χ0v) is 21.4. The Bertz CT molecular complexity index is 650. The van der Waals surface area contributed by atoms with Crippen LogP contribution in [-0.4, -0.2) is 36.8 Å². The molecule has 29 heavy (non-hydrogen) atoms. The van der Waals surface area contributed by atoms with E-state index in [2.05, 4.69) is 38.6 Å². The van der Waals surface area contributed by atoms with Gasteiger partial charge in [-0.2, -0.15) is 0 Å². The highest BCUT2D eigenvalue weighted by atomic mass is 32.2. The molecule has 1 unspecified atom stereocenters. The van der Waals surface area contributed by atoms with E-state index in [9.17, 15) is 9.35 Å². The van der Waals surface area contributed by atoms with Crippen molar-refractivity contribution in [2.75, 3.05) is 13.2 Å². The number of hydrogen-bond acceptors (Lipinski definition) is 5. The fourth-order valence-corrected chi connectivity index (χ4v) is 4.09. The monoisotopic (exact) mass is 441 g/mol. The van der Waals surface area contributed by atoms with Gasteiger partial charge in [0.15, 0.2) is 8.32 Å². The fraction of sp³-hybridized carbons (Fsp3) is 0.682. The number of nitrogens with one attached hydrogen (secondary N) is 1. The molecule has 1 aromatic carbocycles. The van der Waals surface area contributed by atoms with E-state index in [1.807, 2.05) is 45.0 Å². The minimum atomic E-state index is -1.94. The Morgan fingerprint density at radius 3 is 2.14 bits per heavy atom. The van der Waals surface area contributed by atoms with Gasteiger partial charge in [0.1, 0.15) is 4.75 Å². The van der Waals surface area contributed by atoms with Gasteiger partial charge in [-0.15, -0.1) is 4.72 Å². The molecule has 0 spiro atoms. The zero-order valence-electron chi connectivity index (χ0n) is 19.5. The number of carbonyl (C=O) groups is 1. The fourth-order valence-electron chi connectivity index (χ4n) is 2.26. The highest BCUT2D eigenvalue weighted by molar-refractivity contribution is 7.90. The van der Waals surface area contributed by atoms with E-state index in [4.69, 9.17) is 9.16 Å². The number of hydrogen-bond donors (Lipinski definition) is 1. The Morgan fingerprint density at radius 2 is 1.69 bits per heavy atom. The molecule has 2 atom stereocenters. The number of ether oxygens (including phenoxy) is 1. The number of carbonyl (C=O) groups excluding carboxylic acids is 1. The summed E-state index contributed by atoms with van der Waals surface area (Å²) in [7, 11) is -1.94. The maximum Gasteiger partial charge on any atom is 0.310 e. The highest BCUT2D eigenvalue weighted by Crippen LogP contribution is 2.37. The molecule has 0 saturated carbocycles. The molecule has 0 heterocycles. The van der Waals surface area contributed by atoms with Gasteiger partial charge in [0, 0.05) is 11.4 Å². The van der Waals surface area contributed by atoms with Gasteiger partial charge in [-0.25, -0.2) is 0 Å². The lowest BCUT2D eigenvalue weighted by Crippen LogP contribution is -2.46. The summed E-state index contributed by atoms with van der Waals surface area (Å²) in [4.78, 5) is 11.7. The average molecular weight is 442 g/mol. The highest BCUT2D eigenvalue weighted by Gasteiger charge is 2.38. The minimum Gasteiger partial charge on any atom is -0.598 e. The molecule has 0 amide bonds. The molecule has 1 rings (SSSR count). The van der Waals surface area contributed by atoms with Gasteiger partial charge in [-0.05, 0) is 57.0 Å². The van der Waals surface area contributed by atoms with Crippen LogP contribution in [0.4, 0.5) is 0 Å². The molecule has 1 aromatic rings. The lowest BCUT2D eigenvalue weighted by atomic mass is 10.0. The van der Waals surface area contributed by atoms with Gasteiger partial charge in [-0.1, -0.05) is 45.0 Å². The molecule has 0 aliphatic heterocycles. The van der Waals surface area contributed by atoms with Crippen LogP contribution in [0.5, 0.6) is 0 Å². The summed E-state index contributed by atoms with van der Waals surface area (Å²) in [5.74, 6) is -0.231. The van der Waals surface area contributed by atoms with Gasteiger partial charge in [-0.3, -0.25) is 4.79 Å². The number of esters is 1. The largest absolute Gasteiger partial charge is 0.598 e. The Balaban J connectivity index is 3.00. The van der Waals surface area contributed by atoms with Gasteiger partial charge < -0.3 is 13.7 Å². The molecule has 0 bridgehead atoms. The molecule has 0 fully saturated rings. The quantitative estimate of drug-likeness (QED) is 0.335. The van der Waals surface area contributed by atoms with E-state index in [1.54, 1.807) is 6.92 Å². The Hall–Kier alpha value is -0.863. The van der Waals surface area contributed by atoms with Crippen molar-refractivity contribution in [3.63, 3.8) is 0 Å². The van der Waals surface area contributed by atoms with E-state index in [0.29, 0.717) is 13.2 Å². The summed E-state index contributed by atoms with van der Waals surface area (Å²) in [5.41, 5.74) is 1.89. The van der Waals surface area contributed by atoms with Crippen LogP contribution in [0.15, 0.2) is 24.3 Å². The van der Waals surface area contributed by atoms with Crippen molar-refractivity contribution >= 4 is 25.6 Å². The third-order valence-electron chi connectivity index (χ3n) is 5.26. The second kappa shape index (κ2) is 10.4. The van der Waals surface area contributed by atoms with E-state index in [0.717, 1.165) is 11.1 Å². The zero-order chi connectivity index (χ0) is 22.5. The lowest BCUT2D eigenvalue weighted by molar-refractivity contribution is -0.142. The maximum atomic E-state index is 12.7. The summed E-state index contributed by atoms with van der Waals surface area (Å²) >= 11 is -1.22. The van der Waals surface area contributed by atoms with Crippen LogP contribution in [0, 0.1) is 0 Å². The first-order valence-electron chi connectivity index (χ1n) is 10.2. The van der Waals surface area contributed by atoms with Crippen molar-refractivity contribution in [1.82, 2.24) is 4.72 Å². The van der Waals surface area contributed by atoms with Crippen LogP contribution in [0.3, 0.4) is 0 Å². The van der Waals surface area contributed by atoms with Crippen molar-refractivity contribution in [1.29, 1.82) is 0 Å². The van der Waals surface area contributed by atoms with Crippen LogP contribution in [-0.2, 0) is 31.7 Å². The van der Waals surface area contributed by atoms with Gasteiger partial charge in [0.2, 0.25) is 0 Å². The van der Waals surface area contributed by atoms with Crippen LogP contribution in [0.2, 0.25) is 18.1 Å². The summed E-state index contributed by atoms with van der Waals surface area (Å²) in [6.45, 7) is 19.5. The smallest absolute Gasteiger partial charge is 0.310 e. The summed E-state index contributed by atoms with van der Waals surface area (Å²) < 4.78 is 27.1. The minimum absolute atomic E-state index is 0.101. The van der Waals surface area contributed by atoms with E-state index < -0.39 is 19.7 Å². The second-order valence-corrected chi connectivity index (χ2v) is 16.7. The van der Waals surface area contributed by atoms with Crippen molar-refractivity contribution in [2.24, 2.45) is 0 Å². The van der Waals surface area contributed by atoms with Crippen molar-refractivity contribution in [3.05, 3.63) is 35.4 Å². The lowest BCUT2D eigenvalue weighted by Gasteiger charge is -2.37. The Labute approximate surface area is 181 Å². The molecule has 166 valence electrons. The summed E-state index contributed by atoms with van der Waals surface area (Å²) in [6, 6.07) is 7.60. The third-order valence-corrected chi connectivity index (χ3v) is 11.4. The first-order valence-corrected chi connectivity index (χ1v) is 14.3. The topological polar surface area (TPSA) is 70.6 Å². The number of rotatable bonds is 9. The normalized spacial score (nSPS) is 15.1. The molecule has 5 nitrogen and oxygen atoms in total. The first kappa shape index (κ1) is 26.2. The van der Waals surface area contributed by atoms with Gasteiger partial charge >= 0.3 is 5.97 Å². The van der Waals surface area contributed by atoms with Gasteiger partial charge in [0.25, 0.3) is 0 Å². The van der Waals surface area contributed by atoms with E-state index >= 15 is 0 Å². The Kier molecular flexibility index (Phi) is 9.42. The molecule has 0 radical (unpaired) electrons. The Morgan fingerprint density at radius 1 is 1.14 bits per heavy atom. The molecule has 1 N–H and O–H groups in total. The molecule has 0 aliphatic carbocycles. The SMILES string of the molecule is CCOC(=O)Cc1ccc([C@@H](CO[Si](C)(C)C(C)(C)C)N[S+]([O-])C(C)(C)C)cc1. The predicted molar refractivity (Wildman–Crippen MR) is 124 cm³/mol. The summed E-state index contributed by atoms with van der Waals surface area (Å²) in [6.07, 6.45) is 0.251. The molecule has 7 heteroatoms. The van der Waals surface area contributed by atoms with Gasteiger partial charge in [0.05, 0.1) is 25.7 Å². The number of benzene rings is 1. The second-order valence-electron chi connectivity index (χ2n) is 9.85. The standard InChI is InChI=1S/C22H39NO4SSi/c1-10-26-20(24)15-17-11-13-18(14-12-17)19(23-28(25)21(2,3)4)16-27-29(8,9)22(5,6)7/h11-14,19,23H,10,15-16H2,1-9H3/t19-,28?/m1/s1. The van der Waals surface area contributed by atoms with Crippen LogP contribution >= 0.6 is 0 Å². The summed E-state index contributed by atoms with van der Waals surface area (Å²) in [5, 5.41) is 0.101. The first-order chi connectivity index (χ1) is 13.2. The van der Waals surface area contributed by atoms with E-state index in [1.165, 1.54) is 0 Å². The van der Waals surface area contributed by atoms with Crippen molar-refractivity contribution in [2.45, 2.75) is 83.8 Å². The van der Waals surface area contributed by atoms with Crippen molar-refractivity contribution < 1.29 is 18.5 Å². The predicted octanol–water partition coefficient (Wildman–Crippen LogP) is 4.91.